The van der Waals surface area contributed by atoms with Crippen molar-refractivity contribution in [2.24, 2.45) is 0 Å². The fraction of sp³-hybridized carbons (Fsp3) is 0.333. The lowest BCUT2D eigenvalue weighted by Crippen LogP contribution is -2.08. The highest BCUT2D eigenvalue weighted by atomic mass is 35.5. The van der Waals surface area contributed by atoms with Gasteiger partial charge < -0.3 is 5.11 Å². The molecule has 0 fully saturated rings. The maximum Gasteiger partial charge on any atom is 0.354 e. The molecule has 0 amide bonds. The number of pyridine rings is 1. The quantitative estimate of drug-likeness (QED) is 0.820. The highest BCUT2D eigenvalue weighted by Crippen LogP contribution is 2.28. The fourth-order valence-corrected chi connectivity index (χ4v) is 1.52. The molecule has 0 aliphatic rings. The minimum absolute atomic E-state index is 0.0318. The van der Waals surface area contributed by atoms with Crippen LogP contribution < -0.4 is 0 Å². The van der Waals surface area contributed by atoms with Crippen molar-refractivity contribution in [2.75, 3.05) is 0 Å². The average molecular weight is 236 g/mol. The Morgan fingerprint density at radius 1 is 1.67 bits per heavy atom. The molecule has 0 bridgehead atoms. The Morgan fingerprint density at radius 3 is 2.67 bits per heavy atom. The summed E-state index contributed by atoms with van der Waals surface area (Å²) < 4.78 is 25.3. The van der Waals surface area contributed by atoms with Gasteiger partial charge in [0.15, 0.2) is 5.69 Å². The molecular weight excluding hydrogens is 228 g/mol. The summed E-state index contributed by atoms with van der Waals surface area (Å²) >= 11 is 5.46. The molecule has 1 rings (SSSR count). The maximum atomic E-state index is 12.6. The van der Waals surface area contributed by atoms with Crippen molar-refractivity contribution in [3.63, 3.8) is 0 Å². The molecule has 0 unspecified atom stereocenters. The van der Waals surface area contributed by atoms with Gasteiger partial charge in [0.1, 0.15) is 0 Å². The van der Waals surface area contributed by atoms with Crippen LogP contribution in [0.2, 0.25) is 0 Å². The number of carboxylic acids is 1. The van der Waals surface area contributed by atoms with E-state index in [2.05, 4.69) is 4.98 Å². The molecule has 0 saturated carbocycles. The van der Waals surface area contributed by atoms with Gasteiger partial charge in [-0.15, -0.1) is 11.6 Å². The predicted molar refractivity (Wildman–Crippen MR) is 50.4 cm³/mol. The third kappa shape index (κ3) is 2.23. The van der Waals surface area contributed by atoms with Gasteiger partial charge in [-0.25, -0.2) is 18.6 Å². The molecule has 0 saturated heterocycles. The number of aromatic carboxylic acids is 1. The van der Waals surface area contributed by atoms with Crippen molar-refractivity contribution in [2.45, 2.75) is 19.2 Å². The van der Waals surface area contributed by atoms with Gasteiger partial charge >= 0.3 is 5.97 Å². The van der Waals surface area contributed by atoms with Crippen LogP contribution in [0.3, 0.4) is 0 Å². The van der Waals surface area contributed by atoms with Gasteiger partial charge in [-0.1, -0.05) is 0 Å². The second-order valence-corrected chi connectivity index (χ2v) is 3.18. The molecular formula is C9H8ClF2NO2. The van der Waals surface area contributed by atoms with E-state index in [0.717, 1.165) is 6.20 Å². The van der Waals surface area contributed by atoms with Gasteiger partial charge in [0.25, 0.3) is 6.43 Å². The fourth-order valence-electron chi connectivity index (χ4n) is 1.30. The standard InChI is InChI=1S/C9H8ClF2NO2/c1-4-6(8(11)12)5(2-10)3-13-7(4)9(14)15/h3,8H,2H2,1H3,(H,14,15). The second kappa shape index (κ2) is 4.53. The molecule has 82 valence electrons. The highest BCUT2D eigenvalue weighted by Gasteiger charge is 2.21. The molecule has 1 aromatic heterocycles. The van der Waals surface area contributed by atoms with E-state index in [1.165, 1.54) is 6.92 Å². The minimum atomic E-state index is -2.75. The number of alkyl halides is 3. The number of hydrogen-bond acceptors (Lipinski definition) is 2. The van der Waals surface area contributed by atoms with Crippen molar-refractivity contribution < 1.29 is 18.7 Å². The van der Waals surface area contributed by atoms with Crippen LogP contribution in [-0.4, -0.2) is 16.1 Å². The van der Waals surface area contributed by atoms with E-state index in [9.17, 15) is 13.6 Å². The summed E-state index contributed by atoms with van der Waals surface area (Å²) in [6.45, 7) is 1.30. The molecule has 0 spiro atoms. The van der Waals surface area contributed by atoms with Crippen LogP contribution in [0.15, 0.2) is 6.20 Å². The molecule has 3 nitrogen and oxygen atoms in total. The lowest BCUT2D eigenvalue weighted by atomic mass is 10.0. The molecule has 15 heavy (non-hydrogen) atoms. The van der Waals surface area contributed by atoms with Crippen molar-refractivity contribution >= 4 is 17.6 Å². The third-order valence-electron chi connectivity index (χ3n) is 2.02. The van der Waals surface area contributed by atoms with Crippen molar-refractivity contribution in [3.05, 3.63) is 28.6 Å². The molecule has 6 heteroatoms. The molecule has 0 radical (unpaired) electrons. The van der Waals surface area contributed by atoms with Crippen molar-refractivity contribution in [3.8, 4) is 0 Å². The molecule has 0 aliphatic carbocycles. The lowest BCUT2D eigenvalue weighted by Gasteiger charge is -2.11. The molecule has 1 heterocycles. The van der Waals surface area contributed by atoms with Crippen molar-refractivity contribution in [1.29, 1.82) is 0 Å². The minimum Gasteiger partial charge on any atom is -0.477 e. The van der Waals surface area contributed by atoms with Gasteiger partial charge in [0.05, 0.1) is 0 Å². The van der Waals surface area contributed by atoms with Crippen LogP contribution in [0, 0.1) is 6.92 Å². The Balaban J connectivity index is 3.42. The summed E-state index contributed by atoms with van der Waals surface area (Å²) in [6, 6.07) is 0. The zero-order valence-electron chi connectivity index (χ0n) is 7.80. The molecule has 0 aromatic carbocycles. The Hall–Kier alpha value is -1.23. The smallest absolute Gasteiger partial charge is 0.354 e. The number of rotatable bonds is 3. The summed E-state index contributed by atoms with van der Waals surface area (Å²) in [5.74, 6) is -1.44. The molecule has 0 atom stereocenters. The van der Waals surface area contributed by atoms with E-state index < -0.39 is 12.4 Å². The van der Waals surface area contributed by atoms with E-state index in [1.807, 2.05) is 0 Å². The van der Waals surface area contributed by atoms with Gasteiger partial charge in [0, 0.05) is 17.6 Å². The van der Waals surface area contributed by atoms with E-state index in [0.29, 0.717) is 0 Å². The molecule has 1 aromatic rings. The molecule has 1 N–H and O–H groups in total. The highest BCUT2D eigenvalue weighted by molar-refractivity contribution is 6.17. The first-order chi connectivity index (χ1) is 6.99. The van der Waals surface area contributed by atoms with Gasteiger partial charge in [-0.3, -0.25) is 0 Å². The number of hydrogen-bond donors (Lipinski definition) is 1. The Kier molecular flexibility index (Phi) is 3.57. The Labute approximate surface area is 89.7 Å². The zero-order valence-corrected chi connectivity index (χ0v) is 8.55. The van der Waals surface area contributed by atoms with Gasteiger partial charge in [0.2, 0.25) is 0 Å². The number of carboxylic acid groups (broad SMARTS) is 1. The first-order valence-electron chi connectivity index (χ1n) is 4.04. The third-order valence-corrected chi connectivity index (χ3v) is 2.31. The van der Waals surface area contributed by atoms with Crippen LogP contribution in [-0.2, 0) is 5.88 Å². The lowest BCUT2D eigenvalue weighted by molar-refractivity contribution is 0.0689. The molecule has 0 aliphatic heterocycles. The van der Waals surface area contributed by atoms with E-state index >= 15 is 0 Å². The van der Waals surface area contributed by atoms with E-state index in [-0.39, 0.29) is 28.3 Å². The Morgan fingerprint density at radius 2 is 2.27 bits per heavy atom. The number of nitrogens with zero attached hydrogens (tertiary/aromatic N) is 1. The Bertz CT molecular complexity index is 396. The van der Waals surface area contributed by atoms with Crippen molar-refractivity contribution in [1.82, 2.24) is 4.98 Å². The summed E-state index contributed by atoms with van der Waals surface area (Å²) in [6.07, 6.45) is -1.68. The first-order valence-corrected chi connectivity index (χ1v) is 4.58. The van der Waals surface area contributed by atoms with Crippen LogP contribution in [0.4, 0.5) is 8.78 Å². The van der Waals surface area contributed by atoms with Crippen LogP contribution in [0.1, 0.15) is 33.6 Å². The number of aromatic nitrogens is 1. The average Bonchev–Trinajstić information content (AvgIpc) is 2.15. The van der Waals surface area contributed by atoms with Gasteiger partial charge in [-0.05, 0) is 18.1 Å². The number of halogens is 3. The van der Waals surface area contributed by atoms with Gasteiger partial charge in [-0.2, -0.15) is 0 Å². The normalized spacial score (nSPS) is 10.7. The van der Waals surface area contributed by atoms with E-state index in [4.69, 9.17) is 16.7 Å². The monoisotopic (exact) mass is 235 g/mol. The second-order valence-electron chi connectivity index (χ2n) is 2.91. The summed E-state index contributed by atoms with van der Waals surface area (Å²) in [7, 11) is 0. The van der Waals surface area contributed by atoms with Crippen LogP contribution >= 0.6 is 11.6 Å². The SMILES string of the molecule is Cc1c(C(=O)O)ncc(CCl)c1C(F)F. The summed E-state index contributed by atoms with van der Waals surface area (Å²) in [4.78, 5) is 14.2. The predicted octanol–water partition coefficient (Wildman–Crippen LogP) is 2.76. The van der Waals surface area contributed by atoms with E-state index in [1.54, 1.807) is 0 Å². The first kappa shape index (κ1) is 11.8. The largest absolute Gasteiger partial charge is 0.477 e. The van der Waals surface area contributed by atoms with Crippen LogP contribution in [0.25, 0.3) is 0 Å². The number of carbonyl (C=O) groups is 1. The summed E-state index contributed by atoms with van der Waals surface area (Å²) in [5.41, 5.74) is -0.568. The maximum absolute atomic E-state index is 12.6. The topological polar surface area (TPSA) is 50.2 Å². The summed E-state index contributed by atoms with van der Waals surface area (Å²) in [5, 5.41) is 8.70. The van der Waals surface area contributed by atoms with Crippen LogP contribution in [0.5, 0.6) is 0 Å². The zero-order chi connectivity index (χ0) is 11.6.